The van der Waals surface area contributed by atoms with Gasteiger partial charge >= 0.3 is 0 Å². The average molecular weight is 506 g/mol. The number of hydrogen-bond acceptors (Lipinski definition) is 5. The number of amides is 2. The zero-order valence-electron chi connectivity index (χ0n) is 20.5. The van der Waals surface area contributed by atoms with Crippen LogP contribution in [0.5, 0.6) is 5.75 Å². The molecule has 0 bridgehead atoms. The highest BCUT2D eigenvalue weighted by atomic mass is 32.2. The maximum Gasteiger partial charge on any atom is 0.238 e. The number of anilines is 1. The first-order valence-corrected chi connectivity index (χ1v) is 12.5. The molecule has 0 radical (unpaired) electrons. The number of methoxy groups -OCH3 is 1. The fourth-order valence-corrected chi connectivity index (χ4v) is 5.01. The third-order valence-corrected chi connectivity index (χ3v) is 7.09. The summed E-state index contributed by atoms with van der Waals surface area (Å²) in [5.74, 6) is -0.0289. The second-order valence-corrected chi connectivity index (χ2v) is 9.80. The van der Waals surface area contributed by atoms with Crippen molar-refractivity contribution in [1.29, 1.82) is 0 Å². The number of nitrogens with zero attached hydrogens (tertiary/aromatic N) is 2. The number of carbonyl (C=O) groups excluding carboxylic acids is 2. The van der Waals surface area contributed by atoms with Crippen LogP contribution in [-0.2, 0) is 16.0 Å². The molecule has 3 aromatic rings. The average Bonchev–Trinajstić information content (AvgIpc) is 2.86. The molecule has 1 aliphatic heterocycles. The summed E-state index contributed by atoms with van der Waals surface area (Å²) in [4.78, 5) is 32.6. The third-order valence-electron chi connectivity index (χ3n) is 5.91. The van der Waals surface area contributed by atoms with Crippen LogP contribution in [0.4, 0.5) is 15.8 Å². The number of aryl methyl sites for hydroxylation is 2. The van der Waals surface area contributed by atoms with Gasteiger partial charge in [0, 0.05) is 18.7 Å². The van der Waals surface area contributed by atoms with Gasteiger partial charge in [-0.15, -0.1) is 0 Å². The molecule has 0 saturated carbocycles. The SMILES string of the molecule is COc1ccc(CCN2C(=O)CC(C(=O)Nc3ccc(C)cc3C)SC2=Nc2ccc(F)cc2)cc1. The number of benzene rings is 3. The standard InChI is InChI=1S/C28H28FN3O3S/c1-18-4-13-24(19(2)16-18)31-27(34)25-17-26(33)32(15-14-20-5-11-23(35-3)12-6-20)28(36-25)30-22-9-7-21(29)8-10-22/h4-13,16,25H,14-15,17H2,1-3H3,(H,31,34). The zero-order chi connectivity index (χ0) is 25.7. The summed E-state index contributed by atoms with van der Waals surface area (Å²) < 4.78 is 18.6. The summed E-state index contributed by atoms with van der Waals surface area (Å²) in [6, 6.07) is 19.2. The van der Waals surface area contributed by atoms with Crippen LogP contribution in [0.15, 0.2) is 71.7 Å². The maximum absolute atomic E-state index is 13.4. The number of aliphatic imine (C=N–C) groups is 1. The van der Waals surface area contributed by atoms with Gasteiger partial charge in [0.25, 0.3) is 0 Å². The van der Waals surface area contributed by atoms with Gasteiger partial charge in [0.15, 0.2) is 5.17 Å². The van der Waals surface area contributed by atoms with Gasteiger partial charge in [0.1, 0.15) is 16.8 Å². The molecule has 1 N–H and O–H groups in total. The van der Waals surface area contributed by atoms with Gasteiger partial charge in [-0.05, 0) is 73.9 Å². The van der Waals surface area contributed by atoms with E-state index in [2.05, 4.69) is 10.3 Å². The Morgan fingerprint density at radius 2 is 1.83 bits per heavy atom. The summed E-state index contributed by atoms with van der Waals surface area (Å²) in [6.07, 6.45) is 0.671. The molecular formula is C28H28FN3O3S. The molecule has 186 valence electrons. The van der Waals surface area contributed by atoms with Crippen LogP contribution in [0.25, 0.3) is 0 Å². The molecule has 1 heterocycles. The van der Waals surface area contributed by atoms with Gasteiger partial charge < -0.3 is 10.1 Å². The van der Waals surface area contributed by atoms with Crippen LogP contribution in [-0.4, -0.2) is 40.8 Å². The fraction of sp³-hybridized carbons (Fsp3) is 0.250. The van der Waals surface area contributed by atoms with E-state index in [1.807, 2.05) is 56.3 Å². The fourth-order valence-electron chi connectivity index (χ4n) is 3.89. The number of carbonyl (C=O) groups is 2. The second kappa shape index (κ2) is 11.4. The number of rotatable bonds is 7. The van der Waals surface area contributed by atoms with Crippen molar-refractivity contribution in [2.45, 2.75) is 31.9 Å². The highest BCUT2D eigenvalue weighted by Crippen LogP contribution is 2.31. The Hall–Kier alpha value is -3.65. The van der Waals surface area contributed by atoms with Crippen molar-refractivity contribution in [3.05, 3.63) is 89.2 Å². The van der Waals surface area contributed by atoms with E-state index in [0.29, 0.717) is 23.8 Å². The summed E-state index contributed by atoms with van der Waals surface area (Å²) in [5, 5.41) is 2.75. The molecule has 2 amide bonds. The van der Waals surface area contributed by atoms with Crippen LogP contribution in [0.3, 0.4) is 0 Å². The van der Waals surface area contributed by atoms with Crippen molar-refractivity contribution < 1.29 is 18.7 Å². The van der Waals surface area contributed by atoms with Crippen molar-refractivity contribution >= 4 is 40.1 Å². The van der Waals surface area contributed by atoms with Gasteiger partial charge in [-0.3, -0.25) is 14.5 Å². The normalized spacial score (nSPS) is 16.8. The summed E-state index contributed by atoms with van der Waals surface area (Å²) in [6.45, 7) is 4.33. The number of halogens is 1. The number of amidine groups is 1. The molecule has 1 aliphatic rings. The molecule has 0 aromatic heterocycles. The second-order valence-electron chi connectivity index (χ2n) is 8.63. The zero-order valence-corrected chi connectivity index (χ0v) is 21.3. The molecule has 3 aromatic carbocycles. The lowest BCUT2D eigenvalue weighted by atomic mass is 10.1. The quantitative estimate of drug-likeness (QED) is 0.450. The Labute approximate surface area is 214 Å². The van der Waals surface area contributed by atoms with E-state index in [-0.39, 0.29) is 24.1 Å². The monoisotopic (exact) mass is 505 g/mol. The van der Waals surface area contributed by atoms with E-state index in [4.69, 9.17) is 4.74 Å². The van der Waals surface area contributed by atoms with E-state index in [9.17, 15) is 14.0 Å². The summed E-state index contributed by atoms with van der Waals surface area (Å²) in [5.41, 5.74) is 4.34. The Kier molecular flexibility index (Phi) is 8.05. The number of hydrogen-bond donors (Lipinski definition) is 1. The minimum atomic E-state index is -0.630. The molecule has 1 saturated heterocycles. The van der Waals surface area contributed by atoms with Crippen LogP contribution in [0.2, 0.25) is 0 Å². The molecule has 6 nitrogen and oxygen atoms in total. The Morgan fingerprint density at radius 3 is 2.50 bits per heavy atom. The maximum atomic E-state index is 13.4. The van der Waals surface area contributed by atoms with E-state index < -0.39 is 5.25 Å². The molecule has 1 atom stereocenters. The molecule has 1 unspecified atom stereocenters. The van der Waals surface area contributed by atoms with E-state index in [1.165, 1.54) is 23.9 Å². The summed E-state index contributed by atoms with van der Waals surface area (Å²) >= 11 is 1.25. The van der Waals surface area contributed by atoms with E-state index in [0.717, 1.165) is 28.1 Å². The largest absolute Gasteiger partial charge is 0.497 e. The Balaban J connectivity index is 1.54. The minimum Gasteiger partial charge on any atom is -0.497 e. The van der Waals surface area contributed by atoms with Gasteiger partial charge in [0.2, 0.25) is 11.8 Å². The van der Waals surface area contributed by atoms with Crippen LogP contribution in [0.1, 0.15) is 23.1 Å². The van der Waals surface area contributed by atoms with Gasteiger partial charge in [-0.1, -0.05) is 41.6 Å². The Morgan fingerprint density at radius 1 is 1.11 bits per heavy atom. The molecule has 8 heteroatoms. The predicted octanol–water partition coefficient (Wildman–Crippen LogP) is 5.65. The van der Waals surface area contributed by atoms with E-state index in [1.54, 1.807) is 24.1 Å². The smallest absolute Gasteiger partial charge is 0.238 e. The molecular weight excluding hydrogens is 477 g/mol. The molecule has 4 rings (SSSR count). The van der Waals surface area contributed by atoms with Crippen molar-refractivity contribution in [3.8, 4) is 5.75 Å². The van der Waals surface area contributed by atoms with E-state index >= 15 is 0 Å². The van der Waals surface area contributed by atoms with Crippen molar-refractivity contribution in [3.63, 3.8) is 0 Å². The first-order valence-electron chi connectivity index (χ1n) is 11.6. The highest BCUT2D eigenvalue weighted by molar-refractivity contribution is 8.15. The highest BCUT2D eigenvalue weighted by Gasteiger charge is 2.36. The summed E-state index contributed by atoms with van der Waals surface area (Å²) in [7, 11) is 1.61. The number of nitrogens with one attached hydrogen (secondary N) is 1. The molecule has 1 fully saturated rings. The van der Waals surface area contributed by atoms with Crippen LogP contribution in [0, 0.1) is 19.7 Å². The minimum absolute atomic E-state index is 0.0620. The van der Waals surface area contributed by atoms with Gasteiger partial charge in [-0.25, -0.2) is 9.38 Å². The van der Waals surface area contributed by atoms with Gasteiger partial charge in [-0.2, -0.15) is 0 Å². The molecule has 0 aliphatic carbocycles. The van der Waals surface area contributed by atoms with Gasteiger partial charge in [0.05, 0.1) is 12.8 Å². The lowest BCUT2D eigenvalue weighted by molar-refractivity contribution is -0.129. The lowest BCUT2D eigenvalue weighted by Crippen LogP contribution is -2.46. The predicted molar refractivity (Wildman–Crippen MR) is 142 cm³/mol. The van der Waals surface area contributed by atoms with Crippen molar-refractivity contribution in [1.82, 2.24) is 4.90 Å². The molecule has 0 spiro atoms. The lowest BCUT2D eigenvalue weighted by Gasteiger charge is -2.32. The first-order chi connectivity index (χ1) is 17.3. The third kappa shape index (κ3) is 6.31. The number of ether oxygens (including phenoxy) is 1. The number of thioether (sulfide) groups is 1. The first kappa shape index (κ1) is 25.4. The Bertz CT molecular complexity index is 1280. The topological polar surface area (TPSA) is 71.0 Å². The van der Waals surface area contributed by atoms with Crippen LogP contribution < -0.4 is 10.1 Å². The molecule has 36 heavy (non-hydrogen) atoms. The van der Waals surface area contributed by atoms with Crippen molar-refractivity contribution in [2.24, 2.45) is 4.99 Å². The van der Waals surface area contributed by atoms with Crippen molar-refractivity contribution in [2.75, 3.05) is 19.0 Å². The van der Waals surface area contributed by atoms with Crippen LogP contribution >= 0.6 is 11.8 Å².